The molecule has 3 heterocycles. The summed E-state index contributed by atoms with van der Waals surface area (Å²) < 4.78 is 0. The second-order valence-corrected chi connectivity index (χ2v) is 9.15. The molecule has 2 aliphatic rings. The van der Waals surface area contributed by atoms with E-state index in [9.17, 15) is 14.7 Å². The molecule has 1 aromatic heterocycles. The fraction of sp³-hybridized carbons (Fsp3) is 0.500. The Morgan fingerprint density at radius 3 is 2.57 bits per heavy atom. The summed E-state index contributed by atoms with van der Waals surface area (Å²) in [5, 5.41) is 19.4. The molecule has 0 bridgehead atoms. The van der Waals surface area contributed by atoms with E-state index in [1.165, 1.54) is 0 Å². The maximum absolute atomic E-state index is 13.0. The van der Waals surface area contributed by atoms with Crippen LogP contribution in [0.25, 0.3) is 0 Å². The smallest absolute Gasteiger partial charge is 0.303 e. The maximum atomic E-state index is 13.0. The number of carboxylic acids is 1. The molecule has 0 aliphatic carbocycles. The van der Waals surface area contributed by atoms with Gasteiger partial charge in [-0.2, -0.15) is 0 Å². The van der Waals surface area contributed by atoms with Crippen molar-refractivity contribution in [2.24, 2.45) is 11.3 Å². The molecule has 1 amide bonds. The molecule has 7 nitrogen and oxygen atoms in total. The lowest BCUT2D eigenvalue weighted by molar-refractivity contribution is -0.137. The summed E-state index contributed by atoms with van der Waals surface area (Å²) in [5.41, 5.74) is 1.60. The monoisotopic (exact) mass is 400 g/mol. The Bertz CT molecular complexity index is 897. The van der Waals surface area contributed by atoms with Crippen LogP contribution in [0.15, 0.2) is 24.3 Å². The van der Waals surface area contributed by atoms with Crippen LogP contribution in [0.1, 0.15) is 33.8 Å². The van der Waals surface area contributed by atoms with Gasteiger partial charge in [0.1, 0.15) is 5.01 Å². The van der Waals surface area contributed by atoms with E-state index < -0.39 is 5.97 Å². The molecule has 0 radical (unpaired) electrons. The van der Waals surface area contributed by atoms with E-state index in [0.717, 1.165) is 28.8 Å². The van der Waals surface area contributed by atoms with Crippen molar-refractivity contribution in [3.8, 4) is 0 Å². The fourth-order valence-electron chi connectivity index (χ4n) is 4.49. The third-order valence-electron chi connectivity index (χ3n) is 5.97. The minimum atomic E-state index is -0.790. The number of aryl methyl sites for hydroxylation is 2. The highest BCUT2D eigenvalue weighted by molar-refractivity contribution is 7.15. The van der Waals surface area contributed by atoms with E-state index in [2.05, 4.69) is 15.1 Å². The average Bonchev–Trinajstić information content (AvgIpc) is 3.32. The van der Waals surface area contributed by atoms with Gasteiger partial charge in [0, 0.05) is 49.5 Å². The van der Waals surface area contributed by atoms with E-state index >= 15 is 0 Å². The largest absolute Gasteiger partial charge is 0.481 e. The highest BCUT2D eigenvalue weighted by Crippen LogP contribution is 2.47. The number of hydrogen-bond donors (Lipinski definition) is 1. The Labute approximate surface area is 168 Å². The molecule has 0 saturated carbocycles. The number of aliphatic carboxylic acids is 1. The second-order valence-electron chi connectivity index (χ2n) is 7.99. The summed E-state index contributed by atoms with van der Waals surface area (Å²) in [6, 6.07) is 7.63. The van der Waals surface area contributed by atoms with Crippen LogP contribution in [0.4, 0.5) is 5.13 Å². The molecule has 2 fully saturated rings. The number of aromatic nitrogens is 2. The van der Waals surface area contributed by atoms with Crippen molar-refractivity contribution in [1.82, 2.24) is 15.1 Å². The molecular weight excluding hydrogens is 376 g/mol. The number of benzene rings is 1. The molecular formula is C20H24N4O3S. The van der Waals surface area contributed by atoms with Crippen LogP contribution in [0.5, 0.6) is 0 Å². The first-order chi connectivity index (χ1) is 13.4. The van der Waals surface area contributed by atoms with Crippen LogP contribution >= 0.6 is 11.3 Å². The van der Waals surface area contributed by atoms with Gasteiger partial charge in [-0.1, -0.05) is 29.0 Å². The van der Waals surface area contributed by atoms with E-state index in [1.54, 1.807) is 11.3 Å². The minimum Gasteiger partial charge on any atom is -0.481 e. The quantitative estimate of drug-likeness (QED) is 0.830. The molecule has 2 atom stereocenters. The van der Waals surface area contributed by atoms with Crippen LogP contribution in [-0.4, -0.2) is 58.3 Å². The van der Waals surface area contributed by atoms with Crippen molar-refractivity contribution in [2.75, 3.05) is 31.1 Å². The summed E-state index contributed by atoms with van der Waals surface area (Å²) in [4.78, 5) is 28.4. The highest BCUT2D eigenvalue weighted by Gasteiger charge is 2.53. The number of fused-ring (bicyclic) bond motifs is 1. The first kappa shape index (κ1) is 18.9. The van der Waals surface area contributed by atoms with Gasteiger partial charge in [0.05, 0.1) is 0 Å². The first-order valence-corrected chi connectivity index (χ1v) is 10.3. The van der Waals surface area contributed by atoms with Gasteiger partial charge in [0.15, 0.2) is 0 Å². The van der Waals surface area contributed by atoms with Crippen molar-refractivity contribution in [3.63, 3.8) is 0 Å². The Morgan fingerprint density at radius 2 is 1.93 bits per heavy atom. The van der Waals surface area contributed by atoms with Crippen LogP contribution in [-0.2, 0) is 4.79 Å². The Kier molecular flexibility index (Phi) is 4.82. The molecule has 2 saturated heterocycles. The molecule has 8 heteroatoms. The molecule has 0 spiro atoms. The fourth-order valence-corrected chi connectivity index (χ4v) is 5.18. The lowest BCUT2D eigenvalue weighted by Crippen LogP contribution is -2.37. The summed E-state index contributed by atoms with van der Waals surface area (Å²) in [6.07, 6.45) is 0.686. The summed E-state index contributed by atoms with van der Waals surface area (Å²) in [7, 11) is 0. The zero-order valence-electron chi connectivity index (χ0n) is 16.1. The molecule has 2 aromatic rings. The second kappa shape index (κ2) is 7.16. The standard InChI is InChI=1S/C20H24N4O3S/c1-13-3-5-15(6-4-13)18(27)23-9-16-10-24(19-22-21-14(2)28-19)12-20(16,11-23)8-7-17(25)26/h3-6,16H,7-12H2,1-2H3,(H,25,26). The molecule has 28 heavy (non-hydrogen) atoms. The molecule has 148 valence electrons. The number of amides is 1. The van der Waals surface area contributed by atoms with Crippen LogP contribution in [0, 0.1) is 25.2 Å². The zero-order valence-corrected chi connectivity index (χ0v) is 16.9. The SMILES string of the molecule is Cc1ccc(C(=O)N2CC3CN(c4nnc(C)s4)CC3(CCC(=O)O)C2)cc1. The number of carboxylic acid groups (broad SMARTS) is 1. The number of carbonyl (C=O) groups is 2. The first-order valence-electron chi connectivity index (χ1n) is 9.49. The van der Waals surface area contributed by atoms with Crippen molar-refractivity contribution in [2.45, 2.75) is 26.7 Å². The summed E-state index contributed by atoms with van der Waals surface area (Å²) in [5.74, 6) is -0.519. The van der Waals surface area contributed by atoms with Gasteiger partial charge in [-0.3, -0.25) is 9.59 Å². The Hall–Kier alpha value is -2.48. The van der Waals surface area contributed by atoms with E-state index in [1.807, 2.05) is 43.0 Å². The predicted molar refractivity (Wildman–Crippen MR) is 107 cm³/mol. The zero-order chi connectivity index (χ0) is 19.9. The lowest BCUT2D eigenvalue weighted by atomic mass is 9.77. The number of likely N-dealkylation sites (tertiary alicyclic amines) is 1. The Morgan fingerprint density at radius 1 is 1.18 bits per heavy atom. The average molecular weight is 401 g/mol. The third kappa shape index (κ3) is 3.48. The molecule has 1 N–H and O–H groups in total. The lowest BCUT2D eigenvalue weighted by Gasteiger charge is -2.28. The van der Waals surface area contributed by atoms with Crippen LogP contribution < -0.4 is 4.90 Å². The van der Waals surface area contributed by atoms with Crippen LogP contribution in [0.2, 0.25) is 0 Å². The predicted octanol–water partition coefficient (Wildman–Crippen LogP) is 2.60. The maximum Gasteiger partial charge on any atom is 0.303 e. The molecule has 2 unspecified atom stereocenters. The normalized spacial score (nSPS) is 23.9. The van der Waals surface area contributed by atoms with E-state index in [4.69, 9.17) is 0 Å². The summed E-state index contributed by atoms with van der Waals surface area (Å²) >= 11 is 1.56. The number of carbonyl (C=O) groups excluding carboxylic acids is 1. The summed E-state index contributed by atoms with van der Waals surface area (Å²) in [6.45, 7) is 6.68. The van der Waals surface area contributed by atoms with Gasteiger partial charge in [-0.25, -0.2) is 0 Å². The number of anilines is 1. The van der Waals surface area contributed by atoms with Crippen LogP contribution in [0.3, 0.4) is 0 Å². The van der Waals surface area contributed by atoms with Crippen molar-refractivity contribution < 1.29 is 14.7 Å². The highest BCUT2D eigenvalue weighted by atomic mass is 32.1. The van der Waals surface area contributed by atoms with E-state index in [-0.39, 0.29) is 23.7 Å². The van der Waals surface area contributed by atoms with Gasteiger partial charge in [-0.15, -0.1) is 10.2 Å². The number of hydrogen-bond acceptors (Lipinski definition) is 6. The van der Waals surface area contributed by atoms with E-state index in [0.29, 0.717) is 25.1 Å². The van der Waals surface area contributed by atoms with Crippen molar-refractivity contribution in [1.29, 1.82) is 0 Å². The molecule has 2 aliphatic heterocycles. The van der Waals surface area contributed by atoms with Crippen molar-refractivity contribution in [3.05, 3.63) is 40.4 Å². The molecule has 4 rings (SSSR count). The van der Waals surface area contributed by atoms with Gasteiger partial charge >= 0.3 is 5.97 Å². The minimum absolute atomic E-state index is 0.0300. The third-order valence-corrected chi connectivity index (χ3v) is 6.87. The topological polar surface area (TPSA) is 86.6 Å². The van der Waals surface area contributed by atoms with Gasteiger partial charge in [0.2, 0.25) is 5.13 Å². The molecule has 1 aromatic carbocycles. The van der Waals surface area contributed by atoms with Gasteiger partial charge in [-0.05, 0) is 32.4 Å². The van der Waals surface area contributed by atoms with Gasteiger partial charge < -0.3 is 14.9 Å². The van der Waals surface area contributed by atoms with Gasteiger partial charge in [0.25, 0.3) is 5.91 Å². The van der Waals surface area contributed by atoms with Crippen molar-refractivity contribution >= 4 is 28.3 Å². The Balaban J connectivity index is 1.54. The number of rotatable bonds is 5. The number of nitrogens with zero attached hydrogens (tertiary/aromatic N) is 4.